The third-order valence-corrected chi connectivity index (χ3v) is 3.70. The van der Waals surface area contributed by atoms with Crippen LogP contribution in [0.1, 0.15) is 19.3 Å². The van der Waals surface area contributed by atoms with Crippen LogP contribution < -0.4 is 15.8 Å². The Hall–Kier alpha value is -1.07. The molecule has 1 atom stereocenters. The fourth-order valence-electron chi connectivity index (χ4n) is 1.86. The summed E-state index contributed by atoms with van der Waals surface area (Å²) in [5.74, 6) is 1.24. The number of methoxy groups -OCH3 is 1. The maximum Gasteiger partial charge on any atom is 0.225 e. The lowest BCUT2D eigenvalue weighted by atomic mass is 10.1. The molecule has 1 aliphatic rings. The molecule has 0 saturated heterocycles. The molecule has 0 heterocycles. The van der Waals surface area contributed by atoms with Gasteiger partial charge in [-0.1, -0.05) is 0 Å². The first-order valence-corrected chi connectivity index (χ1v) is 6.78. The van der Waals surface area contributed by atoms with Crippen LogP contribution in [0.5, 0.6) is 5.75 Å². The number of halogens is 1. The minimum Gasteiger partial charge on any atom is -0.496 e. The highest BCUT2D eigenvalue weighted by Gasteiger charge is 2.29. The molecule has 4 nitrogen and oxygen atoms in total. The van der Waals surface area contributed by atoms with E-state index in [-0.39, 0.29) is 11.9 Å². The summed E-state index contributed by atoms with van der Waals surface area (Å²) in [5, 5.41) is 2.84. The minimum absolute atomic E-state index is 0.00770. The van der Waals surface area contributed by atoms with Gasteiger partial charge >= 0.3 is 0 Å². The summed E-state index contributed by atoms with van der Waals surface area (Å²) < 4.78 is 5.94. The van der Waals surface area contributed by atoms with Crippen molar-refractivity contribution < 1.29 is 9.53 Å². The minimum atomic E-state index is -0.0357. The number of benzene rings is 1. The zero-order valence-corrected chi connectivity index (χ0v) is 11.9. The molecule has 0 aromatic heterocycles. The number of hydrogen-bond donors (Lipinski definition) is 2. The van der Waals surface area contributed by atoms with Gasteiger partial charge in [0.25, 0.3) is 0 Å². The van der Waals surface area contributed by atoms with E-state index in [1.165, 1.54) is 0 Å². The molecule has 5 heteroatoms. The van der Waals surface area contributed by atoms with Crippen molar-refractivity contribution >= 4 is 27.5 Å². The molecule has 1 saturated carbocycles. The molecule has 18 heavy (non-hydrogen) atoms. The number of nitrogens with one attached hydrogen (secondary N) is 1. The van der Waals surface area contributed by atoms with E-state index >= 15 is 0 Å². The van der Waals surface area contributed by atoms with Crippen LogP contribution in [0.4, 0.5) is 5.69 Å². The fraction of sp³-hybridized carbons (Fsp3) is 0.462. The second kappa shape index (κ2) is 5.71. The summed E-state index contributed by atoms with van der Waals surface area (Å²) >= 11 is 3.38. The van der Waals surface area contributed by atoms with Gasteiger partial charge in [0.15, 0.2) is 0 Å². The van der Waals surface area contributed by atoms with E-state index in [9.17, 15) is 4.79 Å². The Morgan fingerprint density at radius 2 is 2.33 bits per heavy atom. The van der Waals surface area contributed by atoms with Crippen molar-refractivity contribution in [1.82, 2.24) is 0 Å². The van der Waals surface area contributed by atoms with Crippen LogP contribution in [0.3, 0.4) is 0 Å². The van der Waals surface area contributed by atoms with Gasteiger partial charge in [0.05, 0.1) is 11.6 Å². The molecule has 0 bridgehead atoms. The number of carbonyl (C=O) groups excluding carboxylic acids is 1. The van der Waals surface area contributed by atoms with E-state index in [4.69, 9.17) is 10.5 Å². The third kappa shape index (κ3) is 3.46. The van der Waals surface area contributed by atoms with E-state index in [0.717, 1.165) is 28.8 Å². The number of hydrogen-bond acceptors (Lipinski definition) is 3. The van der Waals surface area contributed by atoms with Crippen LogP contribution in [0, 0.1) is 5.92 Å². The molecule has 98 valence electrons. The molecule has 2 rings (SSSR count). The summed E-state index contributed by atoms with van der Waals surface area (Å²) in [5.41, 5.74) is 6.66. The monoisotopic (exact) mass is 312 g/mol. The second-order valence-corrected chi connectivity index (χ2v) is 5.46. The Bertz CT molecular complexity index is 447. The topological polar surface area (TPSA) is 64.3 Å². The molecule has 1 aromatic rings. The Balaban J connectivity index is 1.91. The normalized spacial score (nSPS) is 16.2. The van der Waals surface area contributed by atoms with Crippen molar-refractivity contribution in [3.8, 4) is 5.75 Å². The Labute approximate surface area is 115 Å². The maximum absolute atomic E-state index is 11.8. The summed E-state index contributed by atoms with van der Waals surface area (Å²) in [4.78, 5) is 11.8. The number of amides is 1. The van der Waals surface area contributed by atoms with Crippen LogP contribution >= 0.6 is 15.9 Å². The lowest BCUT2D eigenvalue weighted by Crippen LogP contribution is -2.28. The molecule has 1 amide bonds. The molecule has 0 aliphatic heterocycles. The third-order valence-electron chi connectivity index (χ3n) is 3.08. The van der Waals surface area contributed by atoms with Gasteiger partial charge in [-0.15, -0.1) is 0 Å². The van der Waals surface area contributed by atoms with Gasteiger partial charge in [-0.2, -0.15) is 0 Å². The summed E-state index contributed by atoms with van der Waals surface area (Å²) in [6, 6.07) is 5.43. The van der Waals surface area contributed by atoms with Crippen molar-refractivity contribution in [3.05, 3.63) is 22.7 Å². The molecule has 1 fully saturated rings. The Morgan fingerprint density at radius 1 is 1.61 bits per heavy atom. The van der Waals surface area contributed by atoms with Gasteiger partial charge in [-0.25, -0.2) is 0 Å². The summed E-state index contributed by atoms with van der Waals surface area (Å²) in [6.45, 7) is 0. The van der Waals surface area contributed by atoms with E-state index in [0.29, 0.717) is 12.3 Å². The van der Waals surface area contributed by atoms with Gasteiger partial charge in [0.1, 0.15) is 5.75 Å². The highest BCUT2D eigenvalue weighted by Crippen LogP contribution is 2.33. The van der Waals surface area contributed by atoms with Crippen LogP contribution in [0.2, 0.25) is 0 Å². The maximum atomic E-state index is 11.8. The average Bonchev–Trinajstić information content (AvgIpc) is 3.12. The number of nitrogens with two attached hydrogens (primary N) is 1. The number of ether oxygens (including phenoxy) is 1. The second-order valence-electron chi connectivity index (χ2n) is 4.60. The lowest BCUT2D eigenvalue weighted by molar-refractivity contribution is -0.116. The highest BCUT2D eigenvalue weighted by atomic mass is 79.9. The smallest absolute Gasteiger partial charge is 0.225 e. The van der Waals surface area contributed by atoms with E-state index in [2.05, 4.69) is 21.2 Å². The largest absolute Gasteiger partial charge is 0.496 e. The van der Waals surface area contributed by atoms with Crippen molar-refractivity contribution in [2.75, 3.05) is 12.4 Å². The van der Waals surface area contributed by atoms with Crippen molar-refractivity contribution in [3.63, 3.8) is 0 Å². The van der Waals surface area contributed by atoms with Gasteiger partial charge in [0, 0.05) is 18.2 Å². The SMILES string of the molecule is COc1ccc(NC(=O)CC(N)C2CC2)cc1Br. The Kier molecular flexibility index (Phi) is 4.24. The molecule has 3 N–H and O–H groups in total. The predicted octanol–water partition coefficient (Wildman–Crippen LogP) is 2.52. The number of anilines is 1. The molecule has 1 aromatic carbocycles. The molecule has 0 spiro atoms. The van der Waals surface area contributed by atoms with Crippen LogP contribution in [-0.2, 0) is 4.79 Å². The summed E-state index contributed by atoms with van der Waals surface area (Å²) in [7, 11) is 1.60. The summed E-state index contributed by atoms with van der Waals surface area (Å²) in [6.07, 6.45) is 2.69. The van der Waals surface area contributed by atoms with E-state index < -0.39 is 0 Å². The van der Waals surface area contributed by atoms with Crippen molar-refractivity contribution in [1.29, 1.82) is 0 Å². The van der Waals surface area contributed by atoms with Crippen molar-refractivity contribution in [2.24, 2.45) is 11.7 Å². The zero-order valence-electron chi connectivity index (χ0n) is 10.3. The number of carbonyl (C=O) groups is 1. The molecule has 1 aliphatic carbocycles. The first kappa shape index (κ1) is 13.4. The van der Waals surface area contributed by atoms with E-state index in [1.807, 2.05) is 12.1 Å². The van der Waals surface area contributed by atoms with Crippen LogP contribution in [-0.4, -0.2) is 19.1 Å². The standard InChI is InChI=1S/C13H17BrN2O2/c1-18-12-5-4-9(6-10(12)14)16-13(17)7-11(15)8-2-3-8/h4-6,8,11H,2-3,7,15H2,1H3,(H,16,17). The van der Waals surface area contributed by atoms with Crippen LogP contribution in [0.15, 0.2) is 22.7 Å². The molecule has 1 unspecified atom stereocenters. The van der Waals surface area contributed by atoms with Crippen molar-refractivity contribution in [2.45, 2.75) is 25.3 Å². The molecular formula is C13H17BrN2O2. The highest BCUT2D eigenvalue weighted by molar-refractivity contribution is 9.10. The van der Waals surface area contributed by atoms with E-state index in [1.54, 1.807) is 13.2 Å². The predicted molar refractivity (Wildman–Crippen MR) is 74.6 cm³/mol. The quantitative estimate of drug-likeness (QED) is 0.878. The lowest BCUT2D eigenvalue weighted by Gasteiger charge is -2.11. The van der Waals surface area contributed by atoms with Gasteiger partial charge in [-0.3, -0.25) is 4.79 Å². The zero-order chi connectivity index (χ0) is 13.1. The average molecular weight is 313 g/mol. The first-order valence-electron chi connectivity index (χ1n) is 5.99. The Morgan fingerprint density at radius 3 is 2.89 bits per heavy atom. The first-order chi connectivity index (χ1) is 8.60. The molecular weight excluding hydrogens is 296 g/mol. The fourth-order valence-corrected chi connectivity index (χ4v) is 2.40. The number of rotatable bonds is 5. The van der Waals surface area contributed by atoms with Crippen LogP contribution in [0.25, 0.3) is 0 Å². The molecule has 0 radical (unpaired) electrons. The van der Waals surface area contributed by atoms with Gasteiger partial charge in [-0.05, 0) is 52.9 Å². The van der Waals surface area contributed by atoms with Gasteiger partial charge in [0.2, 0.25) is 5.91 Å². The van der Waals surface area contributed by atoms with Gasteiger partial charge < -0.3 is 15.8 Å².